The van der Waals surface area contributed by atoms with E-state index < -0.39 is 0 Å². The number of hydrogen-bond donors (Lipinski definition) is 2. The third kappa shape index (κ3) is 4.77. The van der Waals surface area contributed by atoms with E-state index >= 15 is 0 Å². The summed E-state index contributed by atoms with van der Waals surface area (Å²) in [4.78, 5) is 12.0. The van der Waals surface area contributed by atoms with Crippen molar-refractivity contribution in [1.82, 2.24) is 25.6 Å². The van der Waals surface area contributed by atoms with Crippen molar-refractivity contribution in [3.05, 3.63) is 11.9 Å². The molecule has 2 saturated carbocycles. The molecule has 0 aliphatic heterocycles. The van der Waals surface area contributed by atoms with Gasteiger partial charge in [0.2, 0.25) is 0 Å². The van der Waals surface area contributed by atoms with Gasteiger partial charge in [0.05, 0.1) is 12.2 Å². The van der Waals surface area contributed by atoms with Crippen molar-refractivity contribution >= 4 is 5.91 Å². The van der Waals surface area contributed by atoms with Gasteiger partial charge in [-0.05, 0) is 43.9 Å². The highest BCUT2D eigenvalue weighted by Crippen LogP contribution is 2.28. The molecule has 0 aromatic carbocycles. The van der Waals surface area contributed by atoms with Gasteiger partial charge in [-0.2, -0.15) is 0 Å². The molecule has 0 spiro atoms. The van der Waals surface area contributed by atoms with Crippen LogP contribution in [0.15, 0.2) is 6.20 Å². The van der Waals surface area contributed by atoms with Crippen LogP contribution in [0.3, 0.4) is 0 Å². The minimum absolute atomic E-state index is 0.0840. The van der Waals surface area contributed by atoms with Crippen molar-refractivity contribution in [3.8, 4) is 0 Å². The zero-order valence-electron chi connectivity index (χ0n) is 14.5. The van der Waals surface area contributed by atoms with E-state index in [2.05, 4.69) is 41.7 Å². The Kier molecular flexibility index (Phi) is 4.71. The number of carbonyl (C=O) groups is 1. The van der Waals surface area contributed by atoms with E-state index in [0.717, 1.165) is 45.1 Å². The fourth-order valence-electron chi connectivity index (χ4n) is 3.04. The molecule has 1 heterocycles. The summed E-state index contributed by atoms with van der Waals surface area (Å²) in [6.07, 6.45) is 8.49. The maximum absolute atomic E-state index is 12.0. The van der Waals surface area contributed by atoms with E-state index in [4.69, 9.17) is 0 Å². The van der Waals surface area contributed by atoms with Crippen LogP contribution in [0.5, 0.6) is 0 Å². The molecule has 6 nitrogen and oxygen atoms in total. The van der Waals surface area contributed by atoms with Crippen LogP contribution < -0.4 is 10.6 Å². The van der Waals surface area contributed by atoms with E-state index in [1.807, 2.05) is 10.9 Å². The molecule has 1 amide bonds. The van der Waals surface area contributed by atoms with Crippen LogP contribution in [0.25, 0.3) is 0 Å². The Morgan fingerprint density at radius 1 is 1.17 bits per heavy atom. The van der Waals surface area contributed by atoms with Crippen LogP contribution in [0, 0.1) is 5.41 Å². The lowest BCUT2D eigenvalue weighted by atomic mass is 9.89. The molecule has 1 aromatic heterocycles. The molecule has 0 unspecified atom stereocenters. The van der Waals surface area contributed by atoms with Crippen molar-refractivity contribution in [1.29, 1.82) is 0 Å². The van der Waals surface area contributed by atoms with Gasteiger partial charge in [-0.1, -0.05) is 26.0 Å². The smallest absolute Gasteiger partial charge is 0.273 e. The molecule has 6 heteroatoms. The highest BCUT2D eigenvalue weighted by atomic mass is 16.2. The Labute approximate surface area is 138 Å². The number of aromatic nitrogens is 3. The first-order valence-corrected chi connectivity index (χ1v) is 8.87. The number of nitrogens with zero attached hydrogens (tertiary/aromatic N) is 3. The minimum Gasteiger partial charge on any atom is -0.348 e. The minimum atomic E-state index is -0.0840. The van der Waals surface area contributed by atoms with Crippen LogP contribution in [0.1, 0.15) is 75.8 Å². The summed E-state index contributed by atoms with van der Waals surface area (Å²) in [5.41, 5.74) is 0.775. The lowest BCUT2D eigenvalue weighted by molar-refractivity contribution is 0.0946. The van der Waals surface area contributed by atoms with Gasteiger partial charge in [-0.3, -0.25) is 4.79 Å². The van der Waals surface area contributed by atoms with Gasteiger partial charge < -0.3 is 10.6 Å². The summed E-state index contributed by atoms with van der Waals surface area (Å²) in [6.45, 7) is 7.83. The van der Waals surface area contributed by atoms with Crippen LogP contribution >= 0.6 is 0 Å². The number of carbonyl (C=O) groups excluding carboxylic acids is 1. The largest absolute Gasteiger partial charge is 0.348 e. The summed E-state index contributed by atoms with van der Waals surface area (Å²) in [6, 6.07) is 1.33. The maximum Gasteiger partial charge on any atom is 0.273 e. The summed E-state index contributed by atoms with van der Waals surface area (Å²) in [5.74, 6) is -0.0840. The molecule has 0 bridgehead atoms. The molecule has 3 rings (SSSR count). The average molecular weight is 319 g/mol. The van der Waals surface area contributed by atoms with Gasteiger partial charge >= 0.3 is 0 Å². The molecular weight excluding hydrogens is 290 g/mol. The van der Waals surface area contributed by atoms with Crippen molar-refractivity contribution in [2.45, 2.75) is 77.4 Å². The first kappa shape index (κ1) is 16.4. The Morgan fingerprint density at radius 2 is 1.83 bits per heavy atom. The van der Waals surface area contributed by atoms with Crippen molar-refractivity contribution in [2.75, 3.05) is 6.54 Å². The molecule has 0 atom stereocenters. The van der Waals surface area contributed by atoms with Crippen LogP contribution in [0.4, 0.5) is 0 Å². The van der Waals surface area contributed by atoms with Crippen LogP contribution in [-0.4, -0.2) is 39.5 Å². The lowest BCUT2D eigenvalue weighted by Gasteiger charge is -2.31. The first-order valence-electron chi connectivity index (χ1n) is 8.87. The van der Waals surface area contributed by atoms with E-state index in [0.29, 0.717) is 29.2 Å². The summed E-state index contributed by atoms with van der Waals surface area (Å²) in [5, 5.41) is 14.9. The predicted molar refractivity (Wildman–Crippen MR) is 89.3 cm³/mol. The number of rotatable bonds is 5. The van der Waals surface area contributed by atoms with E-state index in [1.54, 1.807) is 0 Å². The molecule has 2 N–H and O–H groups in total. The highest BCUT2D eigenvalue weighted by Gasteiger charge is 2.27. The third-order valence-corrected chi connectivity index (χ3v) is 4.65. The molecule has 0 saturated heterocycles. The third-order valence-electron chi connectivity index (χ3n) is 4.65. The van der Waals surface area contributed by atoms with Gasteiger partial charge in [-0.15, -0.1) is 5.10 Å². The van der Waals surface area contributed by atoms with E-state index in [1.165, 1.54) is 0 Å². The maximum atomic E-state index is 12.0. The van der Waals surface area contributed by atoms with Crippen molar-refractivity contribution in [2.24, 2.45) is 5.41 Å². The summed E-state index contributed by atoms with van der Waals surface area (Å²) >= 11 is 0. The number of nitrogens with one attached hydrogen (secondary N) is 2. The zero-order chi connectivity index (χ0) is 16.4. The van der Waals surface area contributed by atoms with Gasteiger partial charge in [0, 0.05) is 18.6 Å². The Bertz CT molecular complexity index is 535. The molecule has 23 heavy (non-hydrogen) atoms. The zero-order valence-corrected chi connectivity index (χ0v) is 14.5. The molecule has 2 aliphatic rings. The topological polar surface area (TPSA) is 71.8 Å². The Morgan fingerprint density at radius 3 is 2.43 bits per heavy atom. The molecule has 2 aliphatic carbocycles. The Hall–Kier alpha value is -1.43. The second-order valence-corrected chi connectivity index (χ2v) is 8.28. The first-order chi connectivity index (χ1) is 10.9. The van der Waals surface area contributed by atoms with Crippen molar-refractivity contribution in [3.63, 3.8) is 0 Å². The molecular formula is C17H29N5O. The second kappa shape index (κ2) is 6.59. The van der Waals surface area contributed by atoms with Crippen molar-refractivity contribution < 1.29 is 4.79 Å². The fraction of sp³-hybridized carbons (Fsp3) is 0.824. The number of amides is 1. The fourth-order valence-corrected chi connectivity index (χ4v) is 3.04. The monoisotopic (exact) mass is 319 g/mol. The van der Waals surface area contributed by atoms with Crippen LogP contribution in [0.2, 0.25) is 0 Å². The van der Waals surface area contributed by atoms with E-state index in [9.17, 15) is 4.79 Å². The molecule has 0 radical (unpaired) electrons. The lowest BCUT2D eigenvalue weighted by Crippen LogP contribution is -2.38. The van der Waals surface area contributed by atoms with Gasteiger partial charge in [0.25, 0.3) is 5.91 Å². The van der Waals surface area contributed by atoms with Crippen LogP contribution in [-0.2, 0) is 0 Å². The molecule has 1 aromatic rings. The summed E-state index contributed by atoms with van der Waals surface area (Å²) < 4.78 is 1.89. The van der Waals surface area contributed by atoms with E-state index in [-0.39, 0.29) is 5.91 Å². The molecule has 128 valence electrons. The normalized spacial score (nSPS) is 25.3. The quantitative estimate of drug-likeness (QED) is 0.873. The second-order valence-electron chi connectivity index (χ2n) is 8.28. The molecule has 2 fully saturated rings. The SMILES string of the molecule is CC(C)(C)CNC1CCC(n2cc(C(=O)NC3CC3)nn2)CC1. The number of hydrogen-bond acceptors (Lipinski definition) is 4. The highest BCUT2D eigenvalue weighted by molar-refractivity contribution is 5.92. The van der Waals surface area contributed by atoms with Gasteiger partial charge in [0.15, 0.2) is 5.69 Å². The predicted octanol–water partition coefficient (Wildman–Crippen LogP) is 2.29. The van der Waals surface area contributed by atoms with Gasteiger partial charge in [-0.25, -0.2) is 4.68 Å². The Balaban J connectivity index is 1.47. The van der Waals surface area contributed by atoms with Gasteiger partial charge in [0.1, 0.15) is 0 Å². The standard InChI is InChI=1S/C17H29N5O/c1-17(2,3)11-18-12-6-8-14(9-7-12)22-10-15(20-21-22)16(23)19-13-4-5-13/h10,12-14,18H,4-9,11H2,1-3H3,(H,19,23). The summed E-state index contributed by atoms with van der Waals surface area (Å²) in [7, 11) is 0. The average Bonchev–Trinajstić information content (AvgIpc) is 3.17.